The number of aromatic nitrogens is 2. The highest BCUT2D eigenvalue weighted by atomic mass is 32.1. The van der Waals surface area contributed by atoms with Crippen LogP contribution in [0.2, 0.25) is 0 Å². The molecule has 0 radical (unpaired) electrons. The Labute approximate surface area is 169 Å². The van der Waals surface area contributed by atoms with Crippen molar-refractivity contribution in [3.05, 3.63) is 79.4 Å². The molecule has 28 heavy (non-hydrogen) atoms. The van der Waals surface area contributed by atoms with Crippen LogP contribution in [0.5, 0.6) is 0 Å². The number of aliphatic hydroxyl groups is 1. The fourth-order valence-electron chi connectivity index (χ4n) is 3.32. The fourth-order valence-corrected chi connectivity index (χ4v) is 5.04. The van der Waals surface area contributed by atoms with Gasteiger partial charge in [0, 0.05) is 11.1 Å². The number of thiophene rings is 1. The molecule has 1 unspecified atom stereocenters. The number of aliphatic hydroxyl groups excluding tert-OH is 1. The summed E-state index contributed by atoms with van der Waals surface area (Å²) in [5.41, 5.74) is 1.40. The molecule has 6 nitrogen and oxygen atoms in total. The van der Waals surface area contributed by atoms with E-state index in [1.165, 1.54) is 27.6 Å². The second-order valence-electron chi connectivity index (χ2n) is 6.41. The van der Waals surface area contributed by atoms with E-state index in [9.17, 15) is 14.7 Å². The van der Waals surface area contributed by atoms with E-state index in [1.54, 1.807) is 19.2 Å². The Morgan fingerprint density at radius 3 is 2.68 bits per heavy atom. The van der Waals surface area contributed by atoms with E-state index < -0.39 is 17.7 Å². The number of hydrogen-bond acceptors (Lipinski definition) is 7. The molecule has 0 aromatic carbocycles. The average molecular weight is 412 g/mol. The van der Waals surface area contributed by atoms with E-state index in [1.807, 2.05) is 36.6 Å². The van der Waals surface area contributed by atoms with Crippen LogP contribution in [0.1, 0.15) is 37.0 Å². The van der Waals surface area contributed by atoms with Crippen molar-refractivity contribution in [2.45, 2.75) is 26.4 Å². The van der Waals surface area contributed by atoms with Crippen molar-refractivity contribution in [2.24, 2.45) is 0 Å². The standard InChI is InChI=1S/C20H17N3O3S2/c1-11-19(28-12(2)22-11)17(24)15-16(14-7-5-9-27-14)23(20(26)18(15)25)10-13-6-3-4-8-21-13/h3-9,16,25H,10H2,1-2H3. The third-order valence-electron chi connectivity index (χ3n) is 4.53. The highest BCUT2D eigenvalue weighted by molar-refractivity contribution is 7.14. The summed E-state index contributed by atoms with van der Waals surface area (Å²) in [6.45, 7) is 3.79. The monoisotopic (exact) mass is 411 g/mol. The molecule has 0 bridgehead atoms. The number of Topliss-reactive ketones (excluding diaryl/α,β-unsaturated/α-hetero) is 1. The van der Waals surface area contributed by atoms with Gasteiger partial charge in [0.05, 0.1) is 33.4 Å². The van der Waals surface area contributed by atoms with Crippen molar-refractivity contribution in [3.8, 4) is 0 Å². The maximum atomic E-state index is 13.3. The van der Waals surface area contributed by atoms with E-state index in [0.29, 0.717) is 16.3 Å². The number of aryl methyl sites for hydroxylation is 2. The number of ketones is 1. The fraction of sp³-hybridized carbons (Fsp3) is 0.200. The maximum Gasteiger partial charge on any atom is 0.290 e. The van der Waals surface area contributed by atoms with Crippen LogP contribution in [0.25, 0.3) is 0 Å². The zero-order valence-electron chi connectivity index (χ0n) is 15.2. The summed E-state index contributed by atoms with van der Waals surface area (Å²) in [6, 6.07) is 8.53. The number of carbonyl (C=O) groups is 2. The first kappa shape index (κ1) is 18.5. The number of thiazole rings is 1. The van der Waals surface area contributed by atoms with Gasteiger partial charge in [0.15, 0.2) is 5.76 Å². The number of pyridine rings is 1. The van der Waals surface area contributed by atoms with E-state index >= 15 is 0 Å². The lowest BCUT2D eigenvalue weighted by Crippen LogP contribution is -2.30. The van der Waals surface area contributed by atoms with Crippen molar-refractivity contribution in [1.82, 2.24) is 14.9 Å². The number of carbonyl (C=O) groups excluding carboxylic acids is 2. The van der Waals surface area contributed by atoms with Crippen molar-refractivity contribution < 1.29 is 14.7 Å². The number of rotatable bonds is 5. The zero-order chi connectivity index (χ0) is 19.8. The van der Waals surface area contributed by atoms with Gasteiger partial charge >= 0.3 is 0 Å². The minimum Gasteiger partial charge on any atom is -0.503 e. The van der Waals surface area contributed by atoms with E-state index in [4.69, 9.17) is 0 Å². The van der Waals surface area contributed by atoms with Gasteiger partial charge in [-0.05, 0) is 37.4 Å². The lowest BCUT2D eigenvalue weighted by molar-refractivity contribution is -0.130. The van der Waals surface area contributed by atoms with E-state index in [-0.39, 0.29) is 17.9 Å². The van der Waals surface area contributed by atoms with Crippen LogP contribution in [0.4, 0.5) is 0 Å². The van der Waals surface area contributed by atoms with Crippen molar-refractivity contribution >= 4 is 34.4 Å². The minimum absolute atomic E-state index is 0.107. The molecule has 1 aliphatic heterocycles. The van der Waals surface area contributed by atoms with Gasteiger partial charge < -0.3 is 10.0 Å². The summed E-state index contributed by atoms with van der Waals surface area (Å²) in [5, 5.41) is 13.3. The predicted octanol–water partition coefficient (Wildman–Crippen LogP) is 3.99. The Morgan fingerprint density at radius 1 is 1.25 bits per heavy atom. The number of amides is 1. The smallest absolute Gasteiger partial charge is 0.290 e. The van der Waals surface area contributed by atoms with Gasteiger partial charge in [-0.1, -0.05) is 12.1 Å². The largest absolute Gasteiger partial charge is 0.503 e. The molecule has 4 heterocycles. The Bertz CT molecular complexity index is 1070. The van der Waals surface area contributed by atoms with Crippen LogP contribution in [0, 0.1) is 13.8 Å². The van der Waals surface area contributed by atoms with Crippen LogP contribution < -0.4 is 0 Å². The summed E-state index contributed by atoms with van der Waals surface area (Å²) in [4.78, 5) is 37.5. The first-order valence-electron chi connectivity index (χ1n) is 8.63. The zero-order valence-corrected chi connectivity index (χ0v) is 16.9. The molecule has 1 N–H and O–H groups in total. The second-order valence-corrected chi connectivity index (χ2v) is 8.59. The molecule has 3 aromatic rings. The quantitative estimate of drug-likeness (QED) is 0.642. The maximum absolute atomic E-state index is 13.3. The number of hydrogen-bond donors (Lipinski definition) is 1. The lowest BCUT2D eigenvalue weighted by Gasteiger charge is -2.25. The molecule has 0 saturated carbocycles. The Morgan fingerprint density at radius 2 is 2.07 bits per heavy atom. The van der Waals surface area contributed by atoms with Crippen molar-refractivity contribution in [3.63, 3.8) is 0 Å². The molecule has 3 aromatic heterocycles. The first-order chi connectivity index (χ1) is 13.5. The van der Waals surface area contributed by atoms with Gasteiger partial charge in [0.1, 0.15) is 6.04 Å². The molecule has 1 atom stereocenters. The molecule has 1 aliphatic rings. The third kappa shape index (κ3) is 3.14. The van der Waals surface area contributed by atoms with Gasteiger partial charge in [-0.3, -0.25) is 14.6 Å². The summed E-state index contributed by atoms with van der Waals surface area (Å²) in [5.74, 6) is -1.41. The summed E-state index contributed by atoms with van der Waals surface area (Å²) < 4.78 is 0. The Kier molecular flexibility index (Phi) is 4.82. The molecule has 142 valence electrons. The molecule has 4 rings (SSSR count). The van der Waals surface area contributed by atoms with Crippen LogP contribution in [-0.4, -0.2) is 31.7 Å². The topological polar surface area (TPSA) is 83.4 Å². The SMILES string of the molecule is Cc1nc(C)c(C(=O)C2=C(O)C(=O)N(Cc3ccccn3)C2c2cccs2)s1. The van der Waals surface area contributed by atoms with Gasteiger partial charge in [-0.2, -0.15) is 0 Å². The summed E-state index contributed by atoms with van der Waals surface area (Å²) in [6.07, 6.45) is 1.65. The molecule has 1 amide bonds. The molecule has 8 heteroatoms. The lowest BCUT2D eigenvalue weighted by atomic mass is 10.00. The number of nitrogens with zero attached hydrogens (tertiary/aromatic N) is 3. The molecular formula is C20H17N3O3S2. The average Bonchev–Trinajstić information content (AvgIpc) is 3.37. The first-order valence-corrected chi connectivity index (χ1v) is 10.3. The minimum atomic E-state index is -0.649. The molecule has 0 saturated heterocycles. The van der Waals surface area contributed by atoms with Gasteiger partial charge in [-0.25, -0.2) is 4.98 Å². The summed E-state index contributed by atoms with van der Waals surface area (Å²) >= 11 is 2.71. The van der Waals surface area contributed by atoms with E-state index in [2.05, 4.69) is 9.97 Å². The van der Waals surface area contributed by atoms with Crippen molar-refractivity contribution in [2.75, 3.05) is 0 Å². The molecule has 0 aliphatic carbocycles. The Hall–Kier alpha value is -2.84. The highest BCUT2D eigenvalue weighted by Crippen LogP contribution is 2.42. The second kappa shape index (κ2) is 7.29. The predicted molar refractivity (Wildman–Crippen MR) is 107 cm³/mol. The van der Waals surface area contributed by atoms with Crippen molar-refractivity contribution in [1.29, 1.82) is 0 Å². The van der Waals surface area contributed by atoms with Gasteiger partial charge in [0.2, 0.25) is 5.78 Å². The summed E-state index contributed by atoms with van der Waals surface area (Å²) in [7, 11) is 0. The van der Waals surface area contributed by atoms with Crippen LogP contribution in [0.15, 0.2) is 53.2 Å². The van der Waals surface area contributed by atoms with Gasteiger partial charge in [0.25, 0.3) is 5.91 Å². The third-order valence-corrected chi connectivity index (χ3v) is 6.53. The highest BCUT2D eigenvalue weighted by Gasteiger charge is 2.45. The molecule has 0 fully saturated rings. The Balaban J connectivity index is 1.78. The van der Waals surface area contributed by atoms with E-state index in [0.717, 1.165) is 9.88 Å². The van der Waals surface area contributed by atoms with Crippen LogP contribution in [-0.2, 0) is 11.3 Å². The normalized spacial score (nSPS) is 16.9. The molecule has 0 spiro atoms. The van der Waals surface area contributed by atoms with Crippen LogP contribution in [0.3, 0.4) is 0 Å². The van der Waals surface area contributed by atoms with Gasteiger partial charge in [-0.15, -0.1) is 22.7 Å². The molecular weight excluding hydrogens is 394 g/mol. The van der Waals surface area contributed by atoms with Crippen LogP contribution >= 0.6 is 22.7 Å².